The Bertz CT molecular complexity index is 1180. The van der Waals surface area contributed by atoms with E-state index in [-0.39, 0.29) is 5.91 Å². The van der Waals surface area contributed by atoms with E-state index < -0.39 is 0 Å². The van der Waals surface area contributed by atoms with Gasteiger partial charge in [-0.3, -0.25) is 9.69 Å². The first-order valence-electron chi connectivity index (χ1n) is 9.11. The van der Waals surface area contributed by atoms with Crippen LogP contribution < -0.4 is 9.64 Å². The first-order valence-corrected chi connectivity index (χ1v) is 11.9. The lowest BCUT2D eigenvalue weighted by molar-refractivity contribution is -0.113. The minimum atomic E-state index is -0.130. The van der Waals surface area contributed by atoms with Gasteiger partial charge in [-0.1, -0.05) is 81.3 Å². The third-order valence-corrected chi connectivity index (χ3v) is 6.88. The molecular formula is C23H14BrCl2NO2S2. The summed E-state index contributed by atoms with van der Waals surface area (Å²) in [4.78, 5) is 15.0. The van der Waals surface area contributed by atoms with Crippen LogP contribution in [0.2, 0.25) is 10.0 Å². The van der Waals surface area contributed by atoms with Crippen molar-refractivity contribution in [1.82, 2.24) is 0 Å². The Balaban J connectivity index is 1.45. The van der Waals surface area contributed by atoms with E-state index in [1.54, 1.807) is 17.0 Å². The smallest absolute Gasteiger partial charge is 0.270 e. The largest absolute Gasteiger partial charge is 0.489 e. The zero-order valence-corrected chi connectivity index (χ0v) is 20.6. The van der Waals surface area contributed by atoms with Crippen LogP contribution in [0.15, 0.2) is 76.1 Å². The molecule has 3 aromatic rings. The fourth-order valence-electron chi connectivity index (χ4n) is 2.89. The summed E-state index contributed by atoms with van der Waals surface area (Å²) in [7, 11) is 0. The summed E-state index contributed by atoms with van der Waals surface area (Å²) in [6, 6.07) is 20.3. The van der Waals surface area contributed by atoms with Crippen molar-refractivity contribution in [3.05, 3.63) is 97.3 Å². The number of benzene rings is 3. The highest BCUT2D eigenvalue weighted by atomic mass is 79.9. The second-order valence-electron chi connectivity index (χ2n) is 6.59. The van der Waals surface area contributed by atoms with E-state index in [9.17, 15) is 4.79 Å². The van der Waals surface area contributed by atoms with Crippen LogP contribution in [0.4, 0.5) is 5.69 Å². The third kappa shape index (κ3) is 5.33. The number of hydrogen-bond donors (Lipinski definition) is 0. The summed E-state index contributed by atoms with van der Waals surface area (Å²) < 4.78 is 7.26. The van der Waals surface area contributed by atoms with E-state index in [0.29, 0.717) is 31.6 Å². The van der Waals surface area contributed by atoms with Crippen LogP contribution in [-0.4, -0.2) is 10.2 Å². The molecule has 0 unspecified atom stereocenters. The SMILES string of the molecule is O=C1/C(=C\c2ccc(OCc3ccc(Cl)cc3Cl)cc2)SC(=S)N1c1ccc(Br)cc1. The molecule has 8 heteroatoms. The van der Waals surface area contributed by atoms with Gasteiger partial charge in [0.05, 0.1) is 10.6 Å². The molecule has 1 aliphatic heterocycles. The summed E-state index contributed by atoms with van der Waals surface area (Å²) in [6.07, 6.45) is 1.83. The zero-order valence-electron chi connectivity index (χ0n) is 15.8. The van der Waals surface area contributed by atoms with Gasteiger partial charge in [-0.05, 0) is 60.2 Å². The van der Waals surface area contributed by atoms with Gasteiger partial charge >= 0.3 is 0 Å². The summed E-state index contributed by atoms with van der Waals surface area (Å²) in [5, 5.41) is 1.15. The van der Waals surface area contributed by atoms with E-state index in [0.717, 1.165) is 21.3 Å². The van der Waals surface area contributed by atoms with Gasteiger partial charge in [-0.15, -0.1) is 0 Å². The molecule has 4 rings (SSSR count). The Morgan fingerprint density at radius 1 is 1.03 bits per heavy atom. The molecule has 1 aliphatic rings. The Hall–Kier alpha value is -1.83. The van der Waals surface area contributed by atoms with Crippen LogP contribution in [0.25, 0.3) is 6.08 Å². The minimum absolute atomic E-state index is 0.130. The highest BCUT2D eigenvalue weighted by Gasteiger charge is 2.33. The Morgan fingerprint density at radius 3 is 2.42 bits per heavy atom. The number of thioether (sulfide) groups is 1. The maximum absolute atomic E-state index is 12.9. The molecule has 1 saturated heterocycles. The van der Waals surface area contributed by atoms with Gasteiger partial charge in [-0.2, -0.15) is 0 Å². The third-order valence-electron chi connectivity index (χ3n) is 4.47. The predicted molar refractivity (Wildman–Crippen MR) is 137 cm³/mol. The summed E-state index contributed by atoms with van der Waals surface area (Å²) in [6.45, 7) is 0.335. The molecule has 0 aromatic heterocycles. The van der Waals surface area contributed by atoms with Crippen molar-refractivity contribution in [2.24, 2.45) is 0 Å². The number of anilines is 1. The molecular weight excluding hydrogens is 537 g/mol. The number of halogens is 3. The van der Waals surface area contributed by atoms with Gasteiger partial charge in [0.2, 0.25) is 0 Å². The number of carbonyl (C=O) groups is 1. The van der Waals surface area contributed by atoms with Crippen LogP contribution in [0.5, 0.6) is 5.75 Å². The summed E-state index contributed by atoms with van der Waals surface area (Å²) in [5.74, 6) is 0.570. The molecule has 0 spiro atoms. The Kier molecular flexibility index (Phi) is 7.04. The van der Waals surface area contributed by atoms with Gasteiger partial charge in [0.1, 0.15) is 12.4 Å². The van der Waals surface area contributed by atoms with Gasteiger partial charge in [0, 0.05) is 20.1 Å². The van der Waals surface area contributed by atoms with Crippen LogP contribution >= 0.6 is 63.1 Å². The normalized spacial score (nSPS) is 15.1. The maximum Gasteiger partial charge on any atom is 0.270 e. The average molecular weight is 551 g/mol. The number of nitrogens with zero attached hydrogens (tertiary/aromatic N) is 1. The molecule has 31 heavy (non-hydrogen) atoms. The molecule has 156 valence electrons. The lowest BCUT2D eigenvalue weighted by Crippen LogP contribution is -2.27. The Labute approximate surface area is 208 Å². The molecule has 1 amide bonds. The number of thiocarbonyl (C=S) groups is 1. The second kappa shape index (κ2) is 9.76. The van der Waals surface area contributed by atoms with Crippen LogP contribution in [0, 0.1) is 0 Å². The van der Waals surface area contributed by atoms with Crippen LogP contribution in [-0.2, 0) is 11.4 Å². The summed E-state index contributed by atoms with van der Waals surface area (Å²) in [5.41, 5.74) is 2.48. The molecule has 1 heterocycles. The second-order valence-corrected chi connectivity index (χ2v) is 10.0. The number of rotatable bonds is 5. The predicted octanol–water partition coefficient (Wildman–Crippen LogP) is 7.74. The topological polar surface area (TPSA) is 29.5 Å². The zero-order chi connectivity index (χ0) is 22.0. The highest BCUT2D eigenvalue weighted by molar-refractivity contribution is 9.10. The van der Waals surface area contributed by atoms with E-state index >= 15 is 0 Å². The van der Waals surface area contributed by atoms with Crippen LogP contribution in [0.3, 0.4) is 0 Å². The van der Waals surface area contributed by atoms with E-state index in [2.05, 4.69) is 15.9 Å². The van der Waals surface area contributed by atoms with Gasteiger partial charge in [-0.25, -0.2) is 0 Å². The van der Waals surface area contributed by atoms with Crippen molar-refractivity contribution in [2.45, 2.75) is 6.61 Å². The molecule has 0 N–H and O–H groups in total. The number of hydrogen-bond acceptors (Lipinski definition) is 4. The first kappa shape index (κ1) is 22.4. The lowest BCUT2D eigenvalue weighted by Gasteiger charge is -2.14. The van der Waals surface area contributed by atoms with E-state index in [1.165, 1.54) is 11.8 Å². The van der Waals surface area contributed by atoms with Crippen LogP contribution in [0.1, 0.15) is 11.1 Å². The molecule has 1 fully saturated rings. The van der Waals surface area contributed by atoms with E-state index in [4.69, 9.17) is 40.2 Å². The van der Waals surface area contributed by atoms with Crippen molar-refractivity contribution in [3.8, 4) is 5.75 Å². The average Bonchev–Trinajstić information content (AvgIpc) is 3.02. The molecule has 0 radical (unpaired) electrons. The Morgan fingerprint density at radius 2 is 1.74 bits per heavy atom. The maximum atomic E-state index is 12.9. The highest BCUT2D eigenvalue weighted by Crippen LogP contribution is 2.36. The van der Waals surface area contributed by atoms with Gasteiger partial charge in [0.25, 0.3) is 5.91 Å². The number of ether oxygens (including phenoxy) is 1. The van der Waals surface area contributed by atoms with Crippen molar-refractivity contribution < 1.29 is 9.53 Å². The van der Waals surface area contributed by atoms with Crippen molar-refractivity contribution in [3.63, 3.8) is 0 Å². The molecule has 3 aromatic carbocycles. The fourth-order valence-corrected chi connectivity index (χ4v) is 4.92. The molecule has 0 atom stereocenters. The minimum Gasteiger partial charge on any atom is -0.489 e. The number of carbonyl (C=O) groups excluding carboxylic acids is 1. The molecule has 0 aliphatic carbocycles. The molecule has 3 nitrogen and oxygen atoms in total. The molecule has 0 bridgehead atoms. The lowest BCUT2D eigenvalue weighted by atomic mass is 10.2. The number of amides is 1. The van der Waals surface area contributed by atoms with Crippen molar-refractivity contribution in [1.29, 1.82) is 0 Å². The van der Waals surface area contributed by atoms with Crippen molar-refractivity contribution in [2.75, 3.05) is 4.90 Å². The molecule has 0 saturated carbocycles. The van der Waals surface area contributed by atoms with Gasteiger partial charge < -0.3 is 4.74 Å². The quantitative estimate of drug-likeness (QED) is 0.240. The first-order chi connectivity index (χ1) is 14.9. The van der Waals surface area contributed by atoms with Gasteiger partial charge in [0.15, 0.2) is 4.32 Å². The standard InChI is InChI=1S/C23H14BrCl2NO2S2/c24-16-4-7-18(8-5-16)27-22(28)21(31-23(27)30)11-14-1-9-19(10-2-14)29-13-15-3-6-17(25)12-20(15)26/h1-12H,13H2/b21-11+. The van der Waals surface area contributed by atoms with E-state index in [1.807, 2.05) is 60.7 Å². The monoisotopic (exact) mass is 549 g/mol. The fraction of sp³-hybridized carbons (Fsp3) is 0.0435. The summed E-state index contributed by atoms with van der Waals surface area (Å²) >= 11 is 22.2. The van der Waals surface area contributed by atoms with Crippen molar-refractivity contribution >= 4 is 85.1 Å².